The number of nitrogens with zero attached hydrogens (tertiary/aromatic N) is 4. The van der Waals surface area contributed by atoms with Crippen molar-refractivity contribution in [2.75, 3.05) is 18.1 Å². The van der Waals surface area contributed by atoms with Crippen LogP contribution in [0.5, 0.6) is 11.5 Å². The second-order valence-corrected chi connectivity index (χ2v) is 10.1. The molecule has 39 heavy (non-hydrogen) atoms. The molecule has 204 valence electrons. The van der Waals surface area contributed by atoms with Gasteiger partial charge in [0.15, 0.2) is 0 Å². The van der Waals surface area contributed by atoms with Crippen molar-refractivity contribution in [2.24, 2.45) is 0 Å². The quantitative estimate of drug-likeness (QED) is 0.313. The Bertz CT molecular complexity index is 1430. The fourth-order valence-electron chi connectivity index (χ4n) is 4.33. The minimum atomic E-state index is -0.973. The molecule has 9 heteroatoms. The highest BCUT2D eigenvalue weighted by molar-refractivity contribution is 6.01. The van der Waals surface area contributed by atoms with Crippen LogP contribution in [0.25, 0.3) is 11.0 Å². The molecule has 1 N–H and O–H groups in total. The average molecular weight is 530 g/mol. The first kappa shape index (κ1) is 27.6. The molecular formula is C30H35N5O4. The van der Waals surface area contributed by atoms with Crippen molar-refractivity contribution in [1.82, 2.24) is 20.3 Å². The van der Waals surface area contributed by atoms with E-state index in [1.54, 1.807) is 28.9 Å². The summed E-state index contributed by atoms with van der Waals surface area (Å²) in [5.74, 6) is 0.634. The molecule has 1 atom stereocenters. The Morgan fingerprint density at radius 1 is 0.923 bits per heavy atom. The largest absolute Gasteiger partial charge is 0.494 e. The maximum Gasteiger partial charge on any atom is 0.249 e. The standard InChI is InChI=1S/C30H35N5O4/c1-6-38-23-17-15-21(16-18-23)28(29(37)31-30(3,4)5)35(22-11-10-12-24(19-22)39-7-2)27(36)20-34-26-14-9-8-13-25(26)32-33-34/h8-19,28H,6-7,20H2,1-5H3,(H,31,37)/t28-/m1/s1. The second kappa shape index (κ2) is 12.0. The van der Waals surface area contributed by atoms with Gasteiger partial charge in [0.05, 0.1) is 18.7 Å². The number of ether oxygens (including phenoxy) is 2. The Morgan fingerprint density at radius 2 is 1.62 bits per heavy atom. The number of carbonyl (C=O) groups is 2. The lowest BCUT2D eigenvalue weighted by Crippen LogP contribution is -2.50. The topological polar surface area (TPSA) is 98.6 Å². The van der Waals surface area contributed by atoms with E-state index in [0.717, 1.165) is 5.52 Å². The molecule has 4 aromatic rings. The first-order chi connectivity index (χ1) is 18.7. The van der Waals surface area contributed by atoms with E-state index in [0.29, 0.717) is 41.5 Å². The van der Waals surface area contributed by atoms with Gasteiger partial charge < -0.3 is 14.8 Å². The third-order valence-corrected chi connectivity index (χ3v) is 5.89. The lowest BCUT2D eigenvalue weighted by Gasteiger charge is -2.34. The Hall–Kier alpha value is -4.40. The van der Waals surface area contributed by atoms with Gasteiger partial charge >= 0.3 is 0 Å². The molecule has 0 fully saturated rings. The summed E-state index contributed by atoms with van der Waals surface area (Å²) in [6, 6.07) is 20.9. The molecule has 0 aliphatic rings. The highest BCUT2D eigenvalue weighted by atomic mass is 16.5. The van der Waals surface area contributed by atoms with Gasteiger partial charge in [-0.15, -0.1) is 5.10 Å². The molecule has 0 saturated carbocycles. The number of hydrogen-bond donors (Lipinski definition) is 1. The number of fused-ring (bicyclic) bond motifs is 1. The van der Waals surface area contributed by atoms with Crippen LogP contribution in [0.2, 0.25) is 0 Å². The van der Waals surface area contributed by atoms with Crippen molar-refractivity contribution >= 4 is 28.5 Å². The fraction of sp³-hybridized carbons (Fsp3) is 0.333. The van der Waals surface area contributed by atoms with Crippen molar-refractivity contribution in [3.63, 3.8) is 0 Å². The van der Waals surface area contributed by atoms with Crippen LogP contribution in [-0.4, -0.2) is 45.6 Å². The van der Waals surface area contributed by atoms with Crippen molar-refractivity contribution in [1.29, 1.82) is 0 Å². The van der Waals surface area contributed by atoms with Gasteiger partial charge in [0, 0.05) is 17.3 Å². The zero-order valence-corrected chi connectivity index (χ0v) is 23.0. The van der Waals surface area contributed by atoms with Crippen molar-refractivity contribution in [3.05, 3.63) is 78.4 Å². The molecule has 0 saturated heterocycles. The summed E-state index contributed by atoms with van der Waals surface area (Å²) in [6.45, 7) is 10.4. The molecule has 0 spiro atoms. The molecule has 0 radical (unpaired) electrons. The number of benzene rings is 3. The van der Waals surface area contributed by atoms with E-state index in [1.807, 2.05) is 83.1 Å². The van der Waals surface area contributed by atoms with Gasteiger partial charge in [0.25, 0.3) is 0 Å². The summed E-state index contributed by atoms with van der Waals surface area (Å²) in [6.07, 6.45) is 0. The molecule has 4 rings (SSSR count). The van der Waals surface area contributed by atoms with Gasteiger partial charge in [0.2, 0.25) is 11.8 Å². The van der Waals surface area contributed by atoms with E-state index in [9.17, 15) is 9.59 Å². The van der Waals surface area contributed by atoms with E-state index in [1.165, 1.54) is 4.90 Å². The van der Waals surface area contributed by atoms with Crippen LogP contribution in [-0.2, 0) is 16.1 Å². The number of rotatable bonds is 10. The van der Waals surface area contributed by atoms with Gasteiger partial charge in [0.1, 0.15) is 29.6 Å². The van der Waals surface area contributed by atoms with Crippen LogP contribution >= 0.6 is 0 Å². The lowest BCUT2D eigenvalue weighted by molar-refractivity contribution is -0.128. The van der Waals surface area contributed by atoms with E-state index in [-0.39, 0.29) is 18.4 Å². The average Bonchev–Trinajstić information content (AvgIpc) is 3.30. The SMILES string of the molecule is CCOc1ccc([C@H](C(=O)NC(C)(C)C)N(C(=O)Cn2nnc3ccccc32)c2cccc(OCC)c2)cc1. The first-order valence-corrected chi connectivity index (χ1v) is 13.1. The monoisotopic (exact) mass is 529 g/mol. The fourth-order valence-corrected chi connectivity index (χ4v) is 4.33. The Morgan fingerprint density at radius 3 is 2.31 bits per heavy atom. The van der Waals surface area contributed by atoms with E-state index < -0.39 is 11.6 Å². The normalized spacial score (nSPS) is 12.1. The molecule has 1 heterocycles. The maximum absolute atomic E-state index is 14.2. The summed E-state index contributed by atoms with van der Waals surface area (Å²) in [5.41, 5.74) is 2.05. The van der Waals surface area contributed by atoms with Crippen LogP contribution in [0.15, 0.2) is 72.8 Å². The van der Waals surface area contributed by atoms with Gasteiger partial charge in [-0.25, -0.2) is 4.68 Å². The number of para-hydroxylation sites is 1. The van der Waals surface area contributed by atoms with Gasteiger partial charge in [-0.05, 0) is 76.6 Å². The zero-order valence-electron chi connectivity index (χ0n) is 23.0. The number of anilines is 1. The molecule has 0 bridgehead atoms. The first-order valence-electron chi connectivity index (χ1n) is 13.1. The predicted molar refractivity (Wildman–Crippen MR) is 151 cm³/mol. The minimum Gasteiger partial charge on any atom is -0.494 e. The summed E-state index contributed by atoms with van der Waals surface area (Å²) < 4.78 is 12.9. The van der Waals surface area contributed by atoms with Gasteiger partial charge in [-0.2, -0.15) is 0 Å². The number of aromatic nitrogens is 3. The summed E-state index contributed by atoms with van der Waals surface area (Å²) in [5, 5.41) is 11.4. The number of carbonyl (C=O) groups excluding carboxylic acids is 2. The number of amides is 2. The van der Waals surface area contributed by atoms with Crippen molar-refractivity contribution < 1.29 is 19.1 Å². The highest BCUT2D eigenvalue weighted by Gasteiger charge is 2.35. The van der Waals surface area contributed by atoms with E-state index in [4.69, 9.17) is 9.47 Å². The van der Waals surface area contributed by atoms with Crippen LogP contribution in [0, 0.1) is 0 Å². The molecule has 1 aromatic heterocycles. The zero-order chi connectivity index (χ0) is 28.0. The van der Waals surface area contributed by atoms with Crippen molar-refractivity contribution in [2.45, 2.75) is 52.7 Å². The Kier molecular flexibility index (Phi) is 8.49. The lowest BCUT2D eigenvalue weighted by atomic mass is 10.0. The minimum absolute atomic E-state index is 0.115. The third-order valence-electron chi connectivity index (χ3n) is 5.89. The second-order valence-electron chi connectivity index (χ2n) is 10.1. The van der Waals surface area contributed by atoms with Crippen LogP contribution in [0.1, 0.15) is 46.2 Å². The molecule has 3 aromatic carbocycles. The van der Waals surface area contributed by atoms with E-state index >= 15 is 0 Å². The molecule has 0 aliphatic heterocycles. The predicted octanol–water partition coefficient (Wildman–Crippen LogP) is 4.92. The molecule has 0 aliphatic carbocycles. The van der Waals surface area contributed by atoms with Crippen LogP contribution in [0.3, 0.4) is 0 Å². The Labute approximate surface area is 228 Å². The van der Waals surface area contributed by atoms with Gasteiger partial charge in [-0.3, -0.25) is 14.5 Å². The van der Waals surface area contributed by atoms with E-state index in [2.05, 4.69) is 15.6 Å². The smallest absolute Gasteiger partial charge is 0.249 e. The summed E-state index contributed by atoms with van der Waals surface area (Å²) in [4.78, 5) is 29.6. The maximum atomic E-state index is 14.2. The third kappa shape index (κ3) is 6.73. The van der Waals surface area contributed by atoms with Crippen LogP contribution in [0.4, 0.5) is 5.69 Å². The number of nitrogens with one attached hydrogen (secondary N) is 1. The van der Waals surface area contributed by atoms with Crippen LogP contribution < -0.4 is 19.7 Å². The summed E-state index contributed by atoms with van der Waals surface area (Å²) >= 11 is 0. The Balaban J connectivity index is 1.83. The molecule has 2 amide bonds. The molecule has 9 nitrogen and oxygen atoms in total. The highest BCUT2D eigenvalue weighted by Crippen LogP contribution is 2.32. The van der Waals surface area contributed by atoms with Gasteiger partial charge in [-0.1, -0.05) is 35.5 Å². The van der Waals surface area contributed by atoms with Crippen molar-refractivity contribution in [3.8, 4) is 11.5 Å². The molecule has 0 unspecified atom stereocenters. The molecular weight excluding hydrogens is 494 g/mol. The summed E-state index contributed by atoms with van der Waals surface area (Å²) in [7, 11) is 0. The number of hydrogen-bond acceptors (Lipinski definition) is 6.